The molecule has 0 spiro atoms. The lowest BCUT2D eigenvalue weighted by Crippen LogP contribution is -2.36. The zero-order chi connectivity index (χ0) is 17.2. The Kier molecular flexibility index (Phi) is 4.26. The van der Waals surface area contributed by atoms with Crippen molar-refractivity contribution >= 4 is 17.0 Å². The Morgan fingerprint density at radius 3 is 2.68 bits per heavy atom. The number of fused-ring (bicyclic) bond motifs is 1. The van der Waals surface area contributed by atoms with Gasteiger partial charge in [0.15, 0.2) is 0 Å². The van der Waals surface area contributed by atoms with E-state index in [0.29, 0.717) is 11.9 Å². The molecular weight excluding hydrogens is 314 g/mol. The van der Waals surface area contributed by atoms with Crippen molar-refractivity contribution in [2.75, 3.05) is 25.1 Å². The van der Waals surface area contributed by atoms with Gasteiger partial charge in [-0.05, 0) is 25.0 Å². The minimum Gasteiger partial charge on any atom is -0.481 e. The Hall–Kier alpha value is -2.63. The highest BCUT2D eigenvalue weighted by atomic mass is 16.5. The third-order valence-corrected chi connectivity index (χ3v) is 4.92. The number of ether oxygens (including phenoxy) is 1. The number of methoxy groups -OCH3 is 1. The molecule has 1 aromatic carbocycles. The molecule has 6 heteroatoms. The monoisotopic (exact) mass is 337 g/mol. The molecule has 0 bridgehead atoms. The van der Waals surface area contributed by atoms with Crippen LogP contribution in [0.3, 0.4) is 0 Å². The lowest BCUT2D eigenvalue weighted by molar-refractivity contribution is 0.384. The number of aryl methyl sites for hydroxylation is 1. The zero-order valence-electron chi connectivity index (χ0n) is 14.7. The van der Waals surface area contributed by atoms with Crippen LogP contribution in [0.5, 0.6) is 5.88 Å². The summed E-state index contributed by atoms with van der Waals surface area (Å²) in [5, 5.41) is 0. The molecular formula is C19H23N5O. The lowest BCUT2D eigenvalue weighted by Gasteiger charge is -2.33. The fourth-order valence-electron chi connectivity index (χ4n) is 3.67. The highest BCUT2D eigenvalue weighted by Gasteiger charge is 2.25. The number of hydrogen-bond donors (Lipinski definition) is 0. The average molecular weight is 337 g/mol. The van der Waals surface area contributed by atoms with E-state index in [1.807, 2.05) is 0 Å². The van der Waals surface area contributed by atoms with Gasteiger partial charge in [0.05, 0.1) is 18.1 Å². The van der Waals surface area contributed by atoms with Gasteiger partial charge >= 0.3 is 0 Å². The molecule has 6 nitrogen and oxygen atoms in total. The van der Waals surface area contributed by atoms with Crippen LogP contribution in [-0.2, 0) is 6.42 Å². The molecule has 25 heavy (non-hydrogen) atoms. The number of imidazole rings is 1. The standard InChI is InChI=1S/C19H23N5O/c1-3-17-21-15-6-4-5-7-16(15)24(17)14-9-12-23(13-10-14)19-20-11-8-18(22-19)25-2/h4-8,11,14H,3,9-10,12-13H2,1-2H3. The largest absolute Gasteiger partial charge is 0.481 e. The van der Waals surface area contributed by atoms with E-state index in [2.05, 4.69) is 50.6 Å². The highest BCUT2D eigenvalue weighted by molar-refractivity contribution is 5.76. The number of hydrogen-bond acceptors (Lipinski definition) is 5. The molecule has 4 rings (SSSR count). The van der Waals surface area contributed by atoms with E-state index in [9.17, 15) is 0 Å². The van der Waals surface area contributed by atoms with E-state index in [-0.39, 0.29) is 0 Å². The van der Waals surface area contributed by atoms with Crippen LogP contribution in [0.2, 0.25) is 0 Å². The van der Waals surface area contributed by atoms with E-state index in [1.165, 1.54) is 11.3 Å². The molecule has 3 heterocycles. The van der Waals surface area contributed by atoms with Gasteiger partial charge in [-0.3, -0.25) is 0 Å². The second-order valence-corrected chi connectivity index (χ2v) is 6.36. The summed E-state index contributed by atoms with van der Waals surface area (Å²) < 4.78 is 7.66. The predicted molar refractivity (Wildman–Crippen MR) is 98.2 cm³/mol. The highest BCUT2D eigenvalue weighted by Crippen LogP contribution is 2.30. The molecule has 1 fully saturated rings. The molecule has 1 aliphatic rings. The first kappa shape index (κ1) is 15.9. The van der Waals surface area contributed by atoms with Crippen LogP contribution in [0.25, 0.3) is 11.0 Å². The molecule has 1 aliphatic heterocycles. The van der Waals surface area contributed by atoms with Crippen LogP contribution >= 0.6 is 0 Å². The first-order valence-electron chi connectivity index (χ1n) is 8.88. The average Bonchev–Trinajstić information content (AvgIpc) is 3.07. The minimum absolute atomic E-state index is 0.476. The maximum absolute atomic E-state index is 5.21. The second kappa shape index (κ2) is 6.70. The van der Waals surface area contributed by atoms with Crippen molar-refractivity contribution in [3.8, 4) is 5.88 Å². The van der Waals surface area contributed by atoms with Gasteiger partial charge < -0.3 is 14.2 Å². The molecule has 0 amide bonds. The topological polar surface area (TPSA) is 56.1 Å². The van der Waals surface area contributed by atoms with E-state index in [4.69, 9.17) is 9.72 Å². The minimum atomic E-state index is 0.476. The summed E-state index contributed by atoms with van der Waals surface area (Å²) >= 11 is 0. The summed E-state index contributed by atoms with van der Waals surface area (Å²) in [6.07, 6.45) is 4.83. The molecule has 130 valence electrons. The Balaban J connectivity index is 1.56. The first-order chi connectivity index (χ1) is 12.3. The quantitative estimate of drug-likeness (QED) is 0.731. The summed E-state index contributed by atoms with van der Waals surface area (Å²) in [4.78, 5) is 15.9. The van der Waals surface area contributed by atoms with Gasteiger partial charge in [-0.1, -0.05) is 19.1 Å². The summed E-state index contributed by atoms with van der Waals surface area (Å²) in [6.45, 7) is 4.05. The van der Waals surface area contributed by atoms with Gasteiger partial charge in [-0.15, -0.1) is 0 Å². The van der Waals surface area contributed by atoms with E-state index in [0.717, 1.165) is 43.8 Å². The van der Waals surface area contributed by atoms with Crippen LogP contribution in [0, 0.1) is 0 Å². The van der Waals surface area contributed by atoms with Gasteiger partial charge in [-0.25, -0.2) is 9.97 Å². The number of anilines is 1. The number of para-hydroxylation sites is 2. The molecule has 0 saturated carbocycles. The fourth-order valence-corrected chi connectivity index (χ4v) is 3.67. The van der Waals surface area contributed by atoms with Crippen molar-refractivity contribution in [3.63, 3.8) is 0 Å². The number of aromatic nitrogens is 4. The predicted octanol–water partition coefficient (Wildman–Crippen LogP) is 3.24. The first-order valence-corrected chi connectivity index (χ1v) is 8.88. The third kappa shape index (κ3) is 2.92. The van der Waals surface area contributed by atoms with E-state index < -0.39 is 0 Å². The van der Waals surface area contributed by atoms with Gasteiger partial charge in [0.1, 0.15) is 5.82 Å². The van der Waals surface area contributed by atoms with E-state index in [1.54, 1.807) is 19.4 Å². The summed E-state index contributed by atoms with van der Waals surface area (Å²) in [5.41, 5.74) is 2.34. The molecule has 1 saturated heterocycles. The Labute approximate surface area is 147 Å². The smallest absolute Gasteiger partial charge is 0.228 e. The fraction of sp³-hybridized carbons (Fsp3) is 0.421. The van der Waals surface area contributed by atoms with Crippen LogP contribution < -0.4 is 9.64 Å². The molecule has 3 aromatic rings. The van der Waals surface area contributed by atoms with Crippen LogP contribution in [0.15, 0.2) is 36.5 Å². The second-order valence-electron chi connectivity index (χ2n) is 6.36. The van der Waals surface area contributed by atoms with Gasteiger partial charge in [0, 0.05) is 37.8 Å². The molecule has 0 aliphatic carbocycles. The van der Waals surface area contributed by atoms with Crippen molar-refractivity contribution in [2.45, 2.75) is 32.2 Å². The van der Waals surface area contributed by atoms with Gasteiger partial charge in [0.25, 0.3) is 0 Å². The number of piperidine rings is 1. The molecule has 0 unspecified atom stereocenters. The maximum Gasteiger partial charge on any atom is 0.228 e. The molecule has 0 N–H and O–H groups in total. The number of nitrogens with zero attached hydrogens (tertiary/aromatic N) is 5. The lowest BCUT2D eigenvalue weighted by atomic mass is 10.0. The van der Waals surface area contributed by atoms with E-state index >= 15 is 0 Å². The van der Waals surface area contributed by atoms with Crippen LogP contribution in [0.4, 0.5) is 5.95 Å². The molecule has 0 atom stereocenters. The number of benzene rings is 1. The Bertz CT molecular complexity index is 867. The summed E-state index contributed by atoms with van der Waals surface area (Å²) in [6, 6.07) is 10.7. The third-order valence-electron chi connectivity index (χ3n) is 4.92. The Morgan fingerprint density at radius 1 is 1.12 bits per heavy atom. The van der Waals surface area contributed by atoms with Crippen molar-refractivity contribution in [1.29, 1.82) is 0 Å². The molecule has 2 aromatic heterocycles. The maximum atomic E-state index is 5.21. The van der Waals surface area contributed by atoms with Crippen molar-refractivity contribution in [2.24, 2.45) is 0 Å². The van der Waals surface area contributed by atoms with Crippen molar-refractivity contribution in [3.05, 3.63) is 42.4 Å². The summed E-state index contributed by atoms with van der Waals surface area (Å²) in [7, 11) is 1.63. The molecule has 0 radical (unpaired) electrons. The van der Waals surface area contributed by atoms with Crippen LogP contribution in [-0.4, -0.2) is 39.7 Å². The summed E-state index contributed by atoms with van der Waals surface area (Å²) in [5.74, 6) is 2.54. The number of rotatable bonds is 4. The van der Waals surface area contributed by atoms with Gasteiger partial charge in [-0.2, -0.15) is 4.98 Å². The van der Waals surface area contributed by atoms with Gasteiger partial charge in [0.2, 0.25) is 11.8 Å². The van der Waals surface area contributed by atoms with Crippen LogP contribution in [0.1, 0.15) is 31.6 Å². The SMILES string of the molecule is CCc1nc2ccccc2n1C1CCN(c2nccc(OC)n2)CC1. The Morgan fingerprint density at radius 2 is 1.92 bits per heavy atom. The van der Waals surface area contributed by atoms with Crippen molar-refractivity contribution < 1.29 is 4.74 Å². The normalized spacial score (nSPS) is 15.7. The zero-order valence-corrected chi connectivity index (χ0v) is 14.7. The van der Waals surface area contributed by atoms with Crippen molar-refractivity contribution in [1.82, 2.24) is 19.5 Å².